The third-order valence-corrected chi connectivity index (χ3v) is 2.38. The Morgan fingerprint density at radius 3 is 2.60 bits per heavy atom. The molecule has 74 valence electrons. The van der Waals surface area contributed by atoms with Gasteiger partial charge in [-0.1, -0.05) is 48.5 Å². The minimum Gasteiger partial charge on any atom is -0.299 e. The van der Waals surface area contributed by atoms with Crippen molar-refractivity contribution in [2.75, 3.05) is 0 Å². The van der Waals surface area contributed by atoms with Gasteiger partial charge in [0.2, 0.25) is 0 Å². The van der Waals surface area contributed by atoms with Gasteiger partial charge in [-0.25, -0.2) is 0 Å². The van der Waals surface area contributed by atoms with Crippen LogP contribution < -0.4 is 0 Å². The maximum Gasteiger partial charge on any atom is 0.142 e. The first-order valence-electron chi connectivity index (χ1n) is 4.98. The Labute approximate surface area is 89.0 Å². The van der Waals surface area contributed by atoms with Crippen LogP contribution in [0.4, 0.5) is 0 Å². The number of carbonyl (C=O) groups excluding carboxylic acids is 1. The van der Waals surface area contributed by atoms with Crippen molar-refractivity contribution in [1.29, 1.82) is 0 Å². The van der Waals surface area contributed by atoms with Crippen molar-refractivity contribution in [2.45, 2.75) is 6.42 Å². The van der Waals surface area contributed by atoms with Crippen molar-refractivity contribution < 1.29 is 4.79 Å². The van der Waals surface area contributed by atoms with E-state index in [1.165, 1.54) is 22.4 Å². The molecular formula is C14H12O. The summed E-state index contributed by atoms with van der Waals surface area (Å²) in [5, 5.41) is 2.50. The smallest absolute Gasteiger partial charge is 0.142 e. The standard InChI is InChI=1S/C14H12O/c15-10-4-3-5-12-8-9-13-6-1-2-7-14(13)11-12/h1-4,6-11H,5H2. The quantitative estimate of drug-likeness (QED) is 0.544. The maximum absolute atomic E-state index is 10.1. The van der Waals surface area contributed by atoms with Gasteiger partial charge in [0.1, 0.15) is 6.29 Å². The summed E-state index contributed by atoms with van der Waals surface area (Å²) in [7, 11) is 0. The molecule has 0 atom stereocenters. The third-order valence-electron chi connectivity index (χ3n) is 2.38. The number of benzene rings is 2. The molecule has 2 aromatic carbocycles. The van der Waals surface area contributed by atoms with Crippen LogP contribution in [0.5, 0.6) is 0 Å². The van der Waals surface area contributed by atoms with Crippen LogP contribution in [0.2, 0.25) is 0 Å². The Balaban J connectivity index is 2.30. The van der Waals surface area contributed by atoms with Crippen molar-refractivity contribution in [3.63, 3.8) is 0 Å². The van der Waals surface area contributed by atoms with Crippen molar-refractivity contribution in [1.82, 2.24) is 0 Å². The van der Waals surface area contributed by atoms with Crippen LogP contribution in [0, 0.1) is 0 Å². The monoisotopic (exact) mass is 196 g/mol. The summed E-state index contributed by atoms with van der Waals surface area (Å²) >= 11 is 0. The summed E-state index contributed by atoms with van der Waals surface area (Å²) < 4.78 is 0. The highest BCUT2D eigenvalue weighted by molar-refractivity contribution is 5.83. The third kappa shape index (κ3) is 2.32. The second-order valence-corrected chi connectivity index (χ2v) is 3.45. The zero-order valence-corrected chi connectivity index (χ0v) is 8.39. The predicted octanol–water partition coefficient (Wildman–Crippen LogP) is 3.14. The van der Waals surface area contributed by atoms with Gasteiger partial charge in [0, 0.05) is 0 Å². The second kappa shape index (κ2) is 4.56. The Morgan fingerprint density at radius 2 is 1.80 bits per heavy atom. The highest BCUT2D eigenvalue weighted by Crippen LogP contribution is 2.15. The number of aldehydes is 1. The first-order valence-corrected chi connectivity index (χ1v) is 4.98. The zero-order valence-electron chi connectivity index (χ0n) is 8.39. The maximum atomic E-state index is 10.1. The van der Waals surface area contributed by atoms with E-state index in [1.807, 2.05) is 18.2 Å². The highest BCUT2D eigenvalue weighted by atomic mass is 16.1. The molecule has 0 aliphatic heterocycles. The predicted molar refractivity (Wildman–Crippen MR) is 62.9 cm³/mol. The van der Waals surface area contributed by atoms with Crippen LogP contribution in [0.25, 0.3) is 10.8 Å². The van der Waals surface area contributed by atoms with Crippen LogP contribution in [0.1, 0.15) is 5.56 Å². The Morgan fingerprint density at radius 1 is 1.00 bits per heavy atom. The number of hydrogen-bond acceptors (Lipinski definition) is 1. The number of rotatable bonds is 3. The molecule has 0 aliphatic carbocycles. The highest BCUT2D eigenvalue weighted by Gasteiger charge is 1.93. The molecule has 0 amide bonds. The number of carbonyl (C=O) groups is 1. The molecule has 1 heteroatoms. The molecule has 0 aromatic heterocycles. The minimum absolute atomic E-state index is 0.807. The fourth-order valence-electron chi connectivity index (χ4n) is 1.63. The molecule has 0 saturated heterocycles. The fraction of sp³-hybridized carbons (Fsp3) is 0.0714. The molecule has 0 spiro atoms. The second-order valence-electron chi connectivity index (χ2n) is 3.45. The molecule has 0 N–H and O–H groups in total. The lowest BCUT2D eigenvalue weighted by molar-refractivity contribution is -0.104. The van der Waals surface area contributed by atoms with Crippen molar-refractivity contribution in [3.8, 4) is 0 Å². The molecule has 0 heterocycles. The van der Waals surface area contributed by atoms with Gasteiger partial charge < -0.3 is 0 Å². The van der Waals surface area contributed by atoms with Gasteiger partial charge in [-0.15, -0.1) is 0 Å². The van der Waals surface area contributed by atoms with Gasteiger partial charge in [0.25, 0.3) is 0 Å². The van der Waals surface area contributed by atoms with E-state index in [4.69, 9.17) is 0 Å². The van der Waals surface area contributed by atoms with Crippen LogP contribution in [0.15, 0.2) is 54.6 Å². The molecule has 0 bridgehead atoms. The van der Waals surface area contributed by atoms with Crippen LogP contribution in [0.3, 0.4) is 0 Å². The van der Waals surface area contributed by atoms with E-state index in [1.54, 1.807) is 0 Å². The number of allylic oxidation sites excluding steroid dienone is 2. The van der Waals surface area contributed by atoms with Crippen LogP contribution in [-0.2, 0) is 11.2 Å². The lowest BCUT2D eigenvalue weighted by Gasteiger charge is -2.00. The zero-order chi connectivity index (χ0) is 10.5. The average Bonchev–Trinajstić information content (AvgIpc) is 2.29. The molecule has 0 saturated carbocycles. The first-order chi connectivity index (χ1) is 7.40. The van der Waals surface area contributed by atoms with Gasteiger partial charge >= 0.3 is 0 Å². The summed E-state index contributed by atoms with van der Waals surface area (Å²) in [6, 6.07) is 14.6. The SMILES string of the molecule is O=CC=CCc1ccc2ccccc2c1. The summed E-state index contributed by atoms with van der Waals surface area (Å²) in [6.07, 6.45) is 5.02. The minimum atomic E-state index is 0.807. The first kappa shape index (κ1) is 9.66. The molecule has 0 radical (unpaired) electrons. The molecule has 2 aromatic rings. The summed E-state index contributed by atoms with van der Waals surface area (Å²) in [5.41, 5.74) is 1.23. The van der Waals surface area contributed by atoms with Gasteiger partial charge in [0.05, 0.1) is 0 Å². The van der Waals surface area contributed by atoms with Crippen molar-refractivity contribution in [2.24, 2.45) is 0 Å². The molecule has 0 aliphatic rings. The van der Waals surface area contributed by atoms with Gasteiger partial charge in [-0.05, 0) is 28.8 Å². The largest absolute Gasteiger partial charge is 0.299 e. The van der Waals surface area contributed by atoms with E-state index in [2.05, 4.69) is 30.3 Å². The molecule has 0 unspecified atom stereocenters. The Kier molecular flexibility index (Phi) is 2.93. The molecule has 15 heavy (non-hydrogen) atoms. The number of hydrogen-bond donors (Lipinski definition) is 0. The lowest BCUT2D eigenvalue weighted by atomic mass is 10.1. The van der Waals surface area contributed by atoms with Crippen molar-refractivity contribution >= 4 is 17.1 Å². The summed E-state index contributed by atoms with van der Waals surface area (Å²) in [6.45, 7) is 0. The number of fused-ring (bicyclic) bond motifs is 1. The van der Waals surface area contributed by atoms with Crippen molar-refractivity contribution in [3.05, 3.63) is 60.2 Å². The van der Waals surface area contributed by atoms with Crippen LogP contribution in [-0.4, -0.2) is 6.29 Å². The normalized spacial score (nSPS) is 10.9. The van der Waals surface area contributed by atoms with E-state index in [0.717, 1.165) is 12.7 Å². The van der Waals surface area contributed by atoms with Crippen LogP contribution >= 0.6 is 0 Å². The molecule has 1 nitrogen and oxygen atoms in total. The van der Waals surface area contributed by atoms with Gasteiger partial charge in [-0.3, -0.25) is 4.79 Å². The average molecular weight is 196 g/mol. The van der Waals surface area contributed by atoms with E-state index in [9.17, 15) is 4.79 Å². The molecule has 2 rings (SSSR count). The summed E-state index contributed by atoms with van der Waals surface area (Å²) in [5.74, 6) is 0. The van der Waals surface area contributed by atoms with E-state index >= 15 is 0 Å². The fourth-order valence-corrected chi connectivity index (χ4v) is 1.63. The Bertz CT molecular complexity index is 497. The lowest BCUT2D eigenvalue weighted by Crippen LogP contribution is -1.81. The van der Waals surface area contributed by atoms with E-state index in [0.29, 0.717) is 0 Å². The topological polar surface area (TPSA) is 17.1 Å². The molecule has 0 fully saturated rings. The van der Waals surface area contributed by atoms with Gasteiger partial charge in [0.15, 0.2) is 0 Å². The Hall–Kier alpha value is -1.89. The van der Waals surface area contributed by atoms with Gasteiger partial charge in [-0.2, -0.15) is 0 Å². The van der Waals surface area contributed by atoms with E-state index < -0.39 is 0 Å². The molecular weight excluding hydrogens is 184 g/mol. The summed E-state index contributed by atoms with van der Waals surface area (Å²) in [4.78, 5) is 10.1. The van der Waals surface area contributed by atoms with E-state index in [-0.39, 0.29) is 0 Å².